The van der Waals surface area contributed by atoms with E-state index in [9.17, 15) is 4.79 Å². The lowest BCUT2D eigenvalue weighted by atomic mass is 10.2. The van der Waals surface area contributed by atoms with Gasteiger partial charge in [0, 0.05) is 19.3 Å². The van der Waals surface area contributed by atoms with E-state index in [4.69, 9.17) is 4.74 Å². The van der Waals surface area contributed by atoms with Crippen LogP contribution in [0.5, 0.6) is 5.75 Å². The van der Waals surface area contributed by atoms with E-state index < -0.39 is 0 Å². The number of pyridine rings is 1. The molecule has 6 heteroatoms. The van der Waals surface area contributed by atoms with Crippen molar-refractivity contribution in [2.45, 2.75) is 33.4 Å². The average Bonchev–Trinajstić information content (AvgIpc) is 3.05. The van der Waals surface area contributed by atoms with Crippen LogP contribution < -0.4 is 10.1 Å². The highest BCUT2D eigenvalue weighted by Crippen LogP contribution is 2.12. The summed E-state index contributed by atoms with van der Waals surface area (Å²) in [5.41, 5.74) is 1.16. The van der Waals surface area contributed by atoms with Crippen molar-refractivity contribution in [1.82, 2.24) is 15.2 Å². The molecule has 24 heavy (non-hydrogen) atoms. The maximum atomic E-state index is 12.5. The molecule has 1 unspecified atom stereocenters. The largest absolute Gasteiger partial charge is 0.487 e. The number of carbonyl (C=O) groups excluding carboxylic acids is 1. The Hall–Kier alpha value is -2.08. The molecule has 0 fully saturated rings. The highest BCUT2D eigenvalue weighted by atomic mass is 32.1. The molecule has 0 saturated carbocycles. The lowest BCUT2D eigenvalue weighted by Gasteiger charge is -2.25. The van der Waals surface area contributed by atoms with Crippen LogP contribution >= 0.6 is 11.3 Å². The molecule has 2 amide bonds. The van der Waals surface area contributed by atoms with Gasteiger partial charge in [-0.2, -0.15) is 11.3 Å². The quantitative estimate of drug-likeness (QED) is 0.791. The van der Waals surface area contributed by atoms with E-state index >= 15 is 0 Å². The molecule has 0 aromatic carbocycles. The van der Waals surface area contributed by atoms with Crippen LogP contribution in [0.4, 0.5) is 4.79 Å². The zero-order chi connectivity index (χ0) is 17.4. The molecule has 0 radical (unpaired) electrons. The Kier molecular flexibility index (Phi) is 7.06. The highest BCUT2D eigenvalue weighted by molar-refractivity contribution is 7.07. The Morgan fingerprint density at radius 3 is 2.83 bits per heavy atom. The van der Waals surface area contributed by atoms with Crippen molar-refractivity contribution >= 4 is 17.4 Å². The Morgan fingerprint density at radius 1 is 1.38 bits per heavy atom. The first kappa shape index (κ1) is 18.3. The van der Waals surface area contributed by atoms with E-state index in [1.807, 2.05) is 29.3 Å². The van der Waals surface area contributed by atoms with Gasteiger partial charge in [0.15, 0.2) is 0 Å². The van der Waals surface area contributed by atoms with E-state index in [2.05, 4.69) is 35.6 Å². The standard InChI is InChI=1S/C18H25N3O2S/c1-14(2)11-21(12-16-6-8-24-13-16)18(22)20-9-15(3)23-17-5-4-7-19-10-17/h4-8,10,13-15H,9,11-12H2,1-3H3,(H,20,22). The first-order valence-electron chi connectivity index (χ1n) is 8.15. The number of ether oxygens (including phenoxy) is 1. The smallest absolute Gasteiger partial charge is 0.317 e. The molecule has 1 N–H and O–H groups in total. The van der Waals surface area contributed by atoms with Gasteiger partial charge in [-0.1, -0.05) is 13.8 Å². The van der Waals surface area contributed by atoms with Gasteiger partial charge in [0.05, 0.1) is 12.7 Å². The molecular weight excluding hydrogens is 322 g/mol. The van der Waals surface area contributed by atoms with Gasteiger partial charge in [-0.05, 0) is 47.4 Å². The van der Waals surface area contributed by atoms with Crippen LogP contribution in [0.1, 0.15) is 26.3 Å². The molecule has 1 atom stereocenters. The minimum absolute atomic E-state index is 0.0588. The first-order valence-corrected chi connectivity index (χ1v) is 9.09. The summed E-state index contributed by atoms with van der Waals surface area (Å²) in [6.07, 6.45) is 3.24. The zero-order valence-electron chi connectivity index (χ0n) is 14.4. The highest BCUT2D eigenvalue weighted by Gasteiger charge is 2.16. The molecule has 0 aliphatic carbocycles. The van der Waals surface area contributed by atoms with Crippen molar-refractivity contribution in [1.29, 1.82) is 0 Å². The summed E-state index contributed by atoms with van der Waals surface area (Å²) in [6, 6.07) is 5.68. The van der Waals surface area contributed by atoms with Crippen LogP contribution in [0.2, 0.25) is 0 Å². The molecule has 0 aliphatic heterocycles. The molecule has 0 saturated heterocycles. The van der Waals surface area contributed by atoms with E-state index in [0.717, 1.165) is 12.1 Å². The lowest BCUT2D eigenvalue weighted by molar-refractivity contribution is 0.175. The number of nitrogens with zero attached hydrogens (tertiary/aromatic N) is 2. The average molecular weight is 347 g/mol. The summed E-state index contributed by atoms with van der Waals surface area (Å²) in [6.45, 7) is 7.96. The maximum Gasteiger partial charge on any atom is 0.317 e. The van der Waals surface area contributed by atoms with Gasteiger partial charge in [0.1, 0.15) is 11.9 Å². The van der Waals surface area contributed by atoms with Gasteiger partial charge in [0.2, 0.25) is 0 Å². The number of thiophene rings is 1. The van der Waals surface area contributed by atoms with Crippen molar-refractivity contribution < 1.29 is 9.53 Å². The Balaban J connectivity index is 1.84. The van der Waals surface area contributed by atoms with E-state index in [1.54, 1.807) is 23.7 Å². The monoisotopic (exact) mass is 347 g/mol. The Morgan fingerprint density at radius 2 is 2.21 bits per heavy atom. The molecule has 5 nitrogen and oxygen atoms in total. The summed E-state index contributed by atoms with van der Waals surface area (Å²) in [7, 11) is 0. The number of urea groups is 1. The van der Waals surface area contributed by atoms with Gasteiger partial charge in [0.25, 0.3) is 0 Å². The van der Waals surface area contributed by atoms with E-state index in [-0.39, 0.29) is 12.1 Å². The lowest BCUT2D eigenvalue weighted by Crippen LogP contribution is -2.44. The van der Waals surface area contributed by atoms with Crippen LogP contribution in [-0.2, 0) is 6.54 Å². The number of amides is 2. The van der Waals surface area contributed by atoms with Crippen LogP contribution in [-0.4, -0.2) is 35.1 Å². The molecule has 2 aromatic heterocycles. The first-order chi connectivity index (χ1) is 11.5. The summed E-state index contributed by atoms with van der Waals surface area (Å²) < 4.78 is 5.74. The number of rotatable bonds is 8. The molecular formula is C18H25N3O2S. The second-order valence-electron chi connectivity index (χ2n) is 6.21. The Labute approximate surface area is 147 Å². The SMILES string of the molecule is CC(C)CN(Cc1ccsc1)C(=O)NCC(C)Oc1cccnc1. The fourth-order valence-electron chi connectivity index (χ4n) is 2.30. The fraction of sp³-hybridized carbons (Fsp3) is 0.444. The van der Waals surface area contributed by atoms with Crippen LogP contribution in [0.3, 0.4) is 0 Å². The number of carbonyl (C=O) groups is 1. The number of hydrogen-bond donors (Lipinski definition) is 1. The minimum Gasteiger partial charge on any atom is -0.487 e. The van der Waals surface area contributed by atoms with Crippen LogP contribution in [0.25, 0.3) is 0 Å². The van der Waals surface area contributed by atoms with Crippen molar-refractivity contribution in [3.8, 4) is 5.75 Å². The molecule has 130 valence electrons. The molecule has 2 aromatic rings. The normalized spacial score (nSPS) is 12.0. The minimum atomic E-state index is -0.125. The summed E-state index contributed by atoms with van der Waals surface area (Å²) in [4.78, 5) is 18.4. The van der Waals surface area contributed by atoms with E-state index in [1.165, 1.54) is 0 Å². The van der Waals surface area contributed by atoms with Gasteiger partial charge in [-0.25, -0.2) is 4.79 Å². The van der Waals surface area contributed by atoms with Crippen molar-refractivity contribution in [2.75, 3.05) is 13.1 Å². The van der Waals surface area contributed by atoms with Crippen LogP contribution in [0.15, 0.2) is 41.4 Å². The number of nitrogens with one attached hydrogen (secondary N) is 1. The third-order valence-electron chi connectivity index (χ3n) is 3.34. The predicted octanol–water partition coefficient (Wildman–Crippen LogP) is 3.78. The number of aromatic nitrogens is 1. The molecule has 0 aliphatic rings. The van der Waals surface area contributed by atoms with E-state index in [0.29, 0.717) is 24.8 Å². The zero-order valence-corrected chi connectivity index (χ0v) is 15.3. The molecule has 2 heterocycles. The summed E-state index contributed by atoms with van der Waals surface area (Å²) in [5.74, 6) is 1.12. The third kappa shape index (κ3) is 6.20. The molecule has 2 rings (SSSR count). The second kappa shape index (κ2) is 9.27. The van der Waals surface area contributed by atoms with Gasteiger partial charge in [-0.15, -0.1) is 0 Å². The van der Waals surface area contributed by atoms with Crippen molar-refractivity contribution in [3.63, 3.8) is 0 Å². The molecule has 0 spiro atoms. The predicted molar refractivity (Wildman–Crippen MR) is 97.3 cm³/mol. The summed E-state index contributed by atoms with van der Waals surface area (Å²) >= 11 is 1.65. The number of hydrogen-bond acceptors (Lipinski definition) is 4. The third-order valence-corrected chi connectivity index (χ3v) is 4.07. The topological polar surface area (TPSA) is 54.5 Å². The summed E-state index contributed by atoms with van der Waals surface area (Å²) in [5, 5.41) is 7.08. The van der Waals surface area contributed by atoms with Crippen molar-refractivity contribution in [3.05, 3.63) is 46.9 Å². The molecule has 0 bridgehead atoms. The van der Waals surface area contributed by atoms with Gasteiger partial charge < -0.3 is 15.0 Å². The fourth-order valence-corrected chi connectivity index (χ4v) is 2.96. The second-order valence-corrected chi connectivity index (χ2v) is 6.99. The van der Waals surface area contributed by atoms with Gasteiger partial charge in [-0.3, -0.25) is 4.98 Å². The van der Waals surface area contributed by atoms with Crippen molar-refractivity contribution in [2.24, 2.45) is 5.92 Å². The maximum absolute atomic E-state index is 12.5. The van der Waals surface area contributed by atoms with Crippen LogP contribution in [0, 0.1) is 5.92 Å². The Bertz CT molecular complexity index is 602. The van der Waals surface area contributed by atoms with Gasteiger partial charge >= 0.3 is 6.03 Å².